The molecule has 0 aliphatic carbocycles. The molecule has 0 bridgehead atoms. The first-order valence-electron chi connectivity index (χ1n) is 9.41. The molecule has 0 saturated heterocycles. The number of ether oxygens (including phenoxy) is 1. The van der Waals surface area contributed by atoms with Crippen LogP contribution in [0.5, 0.6) is 5.75 Å². The molecule has 0 unspecified atom stereocenters. The lowest BCUT2D eigenvalue weighted by Gasteiger charge is -2.13. The third kappa shape index (κ3) is 4.06. The Labute approximate surface area is 163 Å². The Morgan fingerprint density at radius 3 is 2.21 bits per heavy atom. The van der Waals surface area contributed by atoms with Crippen LogP contribution in [0.2, 0.25) is 0 Å². The van der Waals surface area contributed by atoms with Crippen molar-refractivity contribution in [2.45, 2.75) is 26.7 Å². The van der Waals surface area contributed by atoms with Gasteiger partial charge in [0.25, 0.3) is 11.8 Å². The smallest absolute Gasteiger partial charge is 0.278 e. The molecule has 6 heteroatoms. The summed E-state index contributed by atoms with van der Waals surface area (Å²) in [5, 5.41) is 3.00. The van der Waals surface area contributed by atoms with Gasteiger partial charge in [0.05, 0.1) is 12.2 Å². The number of hydrogen-bond donors (Lipinski definition) is 1. The Bertz CT molecular complexity index is 889. The summed E-state index contributed by atoms with van der Waals surface area (Å²) < 4.78 is 18.8. The van der Waals surface area contributed by atoms with E-state index in [0.29, 0.717) is 42.1 Å². The summed E-state index contributed by atoms with van der Waals surface area (Å²) in [6.45, 7) is 4.89. The van der Waals surface area contributed by atoms with Crippen molar-refractivity contribution >= 4 is 23.1 Å². The lowest BCUT2D eigenvalue weighted by atomic mass is 10.0. The van der Waals surface area contributed by atoms with Gasteiger partial charge in [-0.05, 0) is 54.8 Å². The van der Waals surface area contributed by atoms with Crippen molar-refractivity contribution in [3.8, 4) is 5.75 Å². The summed E-state index contributed by atoms with van der Waals surface area (Å²) in [5.41, 5.74) is 1.68. The first-order valence-corrected chi connectivity index (χ1v) is 9.41. The van der Waals surface area contributed by atoms with Gasteiger partial charge in [-0.25, -0.2) is 4.39 Å². The SMILES string of the molecule is CCCOc1ccc(C2=C(Nc3ccc(F)cc3)C(=O)N(CCC)C2=O)cc1. The normalized spacial score (nSPS) is 14.0. The molecule has 0 aromatic heterocycles. The minimum Gasteiger partial charge on any atom is -0.494 e. The zero-order chi connectivity index (χ0) is 20.1. The summed E-state index contributed by atoms with van der Waals surface area (Å²) in [5.74, 6) is -0.374. The van der Waals surface area contributed by atoms with Crippen molar-refractivity contribution < 1.29 is 18.7 Å². The molecule has 5 nitrogen and oxygen atoms in total. The van der Waals surface area contributed by atoms with Crippen LogP contribution in [0.3, 0.4) is 0 Å². The number of imide groups is 1. The lowest BCUT2D eigenvalue weighted by Crippen LogP contribution is -2.33. The maximum Gasteiger partial charge on any atom is 0.278 e. The van der Waals surface area contributed by atoms with Gasteiger partial charge in [-0.15, -0.1) is 0 Å². The quantitative estimate of drug-likeness (QED) is 0.695. The van der Waals surface area contributed by atoms with Crippen molar-refractivity contribution in [1.29, 1.82) is 0 Å². The van der Waals surface area contributed by atoms with Crippen molar-refractivity contribution in [1.82, 2.24) is 4.90 Å². The van der Waals surface area contributed by atoms with Gasteiger partial charge in [0.2, 0.25) is 0 Å². The second-order valence-corrected chi connectivity index (χ2v) is 6.52. The van der Waals surface area contributed by atoms with E-state index in [1.54, 1.807) is 24.3 Å². The second kappa shape index (κ2) is 8.69. The first kappa shape index (κ1) is 19.6. The zero-order valence-corrected chi connectivity index (χ0v) is 16.0. The fourth-order valence-corrected chi connectivity index (χ4v) is 3.00. The fraction of sp³-hybridized carbons (Fsp3) is 0.273. The predicted octanol–water partition coefficient (Wildman–Crippen LogP) is 4.22. The summed E-state index contributed by atoms with van der Waals surface area (Å²) in [4.78, 5) is 27.0. The third-order valence-electron chi connectivity index (χ3n) is 4.34. The van der Waals surface area contributed by atoms with Gasteiger partial charge >= 0.3 is 0 Å². The number of hydrogen-bond acceptors (Lipinski definition) is 4. The molecular formula is C22H23FN2O3. The Hall–Kier alpha value is -3.15. The number of nitrogens with one attached hydrogen (secondary N) is 1. The number of nitrogens with zero attached hydrogens (tertiary/aromatic N) is 1. The average Bonchev–Trinajstić information content (AvgIpc) is 2.93. The molecular weight excluding hydrogens is 359 g/mol. The summed E-state index contributed by atoms with van der Waals surface area (Å²) >= 11 is 0. The number of amides is 2. The van der Waals surface area contributed by atoms with Gasteiger partial charge in [0.15, 0.2) is 0 Å². The van der Waals surface area contributed by atoms with E-state index in [1.165, 1.54) is 29.2 Å². The van der Waals surface area contributed by atoms with Crippen LogP contribution in [0.15, 0.2) is 54.2 Å². The maximum absolute atomic E-state index is 13.2. The van der Waals surface area contributed by atoms with Crippen LogP contribution in [0.1, 0.15) is 32.3 Å². The number of halogens is 1. The van der Waals surface area contributed by atoms with E-state index in [0.717, 1.165) is 6.42 Å². The van der Waals surface area contributed by atoms with Crippen LogP contribution in [0.4, 0.5) is 10.1 Å². The van der Waals surface area contributed by atoms with Crippen LogP contribution in [0.25, 0.3) is 5.57 Å². The van der Waals surface area contributed by atoms with Crippen LogP contribution in [-0.4, -0.2) is 29.9 Å². The molecule has 1 aliphatic heterocycles. The molecule has 0 saturated carbocycles. The Morgan fingerprint density at radius 1 is 0.929 bits per heavy atom. The van der Waals surface area contributed by atoms with E-state index < -0.39 is 0 Å². The number of carbonyl (C=O) groups is 2. The topological polar surface area (TPSA) is 58.6 Å². The van der Waals surface area contributed by atoms with E-state index in [4.69, 9.17) is 4.74 Å². The highest BCUT2D eigenvalue weighted by Gasteiger charge is 2.38. The zero-order valence-electron chi connectivity index (χ0n) is 16.0. The Morgan fingerprint density at radius 2 is 1.61 bits per heavy atom. The van der Waals surface area contributed by atoms with E-state index in [-0.39, 0.29) is 23.3 Å². The largest absolute Gasteiger partial charge is 0.494 e. The molecule has 146 valence electrons. The molecule has 0 fully saturated rings. The summed E-state index contributed by atoms with van der Waals surface area (Å²) in [6, 6.07) is 12.8. The lowest BCUT2D eigenvalue weighted by molar-refractivity contribution is -0.136. The monoisotopic (exact) mass is 382 g/mol. The molecule has 2 aromatic rings. The van der Waals surface area contributed by atoms with Crippen LogP contribution < -0.4 is 10.1 Å². The molecule has 1 N–H and O–H groups in total. The van der Waals surface area contributed by atoms with Crippen LogP contribution in [-0.2, 0) is 9.59 Å². The third-order valence-corrected chi connectivity index (χ3v) is 4.34. The predicted molar refractivity (Wildman–Crippen MR) is 106 cm³/mol. The number of rotatable bonds is 8. The maximum atomic E-state index is 13.2. The highest BCUT2D eigenvalue weighted by Crippen LogP contribution is 2.31. The minimum atomic E-state index is -0.377. The van der Waals surface area contributed by atoms with Gasteiger partial charge in [-0.3, -0.25) is 14.5 Å². The summed E-state index contributed by atoms with van der Waals surface area (Å²) in [6.07, 6.45) is 1.57. The number of benzene rings is 2. The minimum absolute atomic E-state index is 0.201. The Balaban J connectivity index is 1.97. The van der Waals surface area contributed by atoms with Gasteiger partial charge in [-0.2, -0.15) is 0 Å². The van der Waals surface area contributed by atoms with Gasteiger partial charge < -0.3 is 10.1 Å². The highest BCUT2D eigenvalue weighted by molar-refractivity contribution is 6.36. The van der Waals surface area contributed by atoms with Crippen molar-refractivity contribution in [2.75, 3.05) is 18.5 Å². The molecule has 28 heavy (non-hydrogen) atoms. The van der Waals surface area contributed by atoms with Gasteiger partial charge in [0.1, 0.15) is 17.3 Å². The van der Waals surface area contributed by atoms with Crippen molar-refractivity contribution in [3.05, 3.63) is 65.6 Å². The second-order valence-electron chi connectivity index (χ2n) is 6.52. The molecule has 0 atom stereocenters. The van der Waals surface area contributed by atoms with Crippen molar-refractivity contribution in [3.63, 3.8) is 0 Å². The molecule has 0 radical (unpaired) electrons. The van der Waals surface area contributed by atoms with Gasteiger partial charge in [-0.1, -0.05) is 26.0 Å². The molecule has 3 rings (SSSR count). The molecule has 2 aromatic carbocycles. The van der Waals surface area contributed by atoms with Crippen LogP contribution in [0, 0.1) is 5.82 Å². The number of anilines is 1. The molecule has 1 heterocycles. The number of carbonyl (C=O) groups excluding carboxylic acids is 2. The molecule has 2 amide bonds. The van der Waals surface area contributed by atoms with Crippen molar-refractivity contribution in [2.24, 2.45) is 0 Å². The average molecular weight is 382 g/mol. The standard InChI is InChI=1S/C22H23FN2O3/c1-3-13-25-21(26)19(15-5-11-18(12-6-15)28-14-4-2)20(22(25)27)24-17-9-7-16(23)8-10-17/h5-12,24H,3-4,13-14H2,1-2H3. The Kier molecular flexibility index (Phi) is 6.09. The van der Waals surface area contributed by atoms with E-state index in [9.17, 15) is 14.0 Å². The molecule has 1 aliphatic rings. The molecule has 0 spiro atoms. The van der Waals surface area contributed by atoms with E-state index in [1.807, 2.05) is 13.8 Å². The van der Waals surface area contributed by atoms with E-state index in [2.05, 4.69) is 5.32 Å². The first-order chi connectivity index (χ1) is 13.5. The van der Waals surface area contributed by atoms with Crippen LogP contribution >= 0.6 is 0 Å². The highest BCUT2D eigenvalue weighted by atomic mass is 19.1. The van der Waals surface area contributed by atoms with Gasteiger partial charge in [0, 0.05) is 12.2 Å². The van der Waals surface area contributed by atoms with E-state index >= 15 is 0 Å². The fourth-order valence-electron chi connectivity index (χ4n) is 3.00. The summed E-state index contributed by atoms with van der Waals surface area (Å²) in [7, 11) is 0.